The highest BCUT2D eigenvalue weighted by molar-refractivity contribution is 8.00. The van der Waals surface area contributed by atoms with Gasteiger partial charge in [0, 0.05) is 24.4 Å². The number of pyridine rings is 1. The van der Waals surface area contributed by atoms with Gasteiger partial charge in [0.2, 0.25) is 0 Å². The van der Waals surface area contributed by atoms with E-state index in [-0.39, 0.29) is 11.0 Å². The van der Waals surface area contributed by atoms with E-state index in [0.29, 0.717) is 27.4 Å². The minimum Gasteiger partial charge on any atom is -0.298 e. The Labute approximate surface area is 171 Å². The van der Waals surface area contributed by atoms with Crippen molar-refractivity contribution in [3.63, 3.8) is 0 Å². The molecule has 8 heteroatoms. The van der Waals surface area contributed by atoms with Crippen LogP contribution in [0.3, 0.4) is 0 Å². The number of thioether (sulfide) groups is 1. The molecule has 0 bridgehead atoms. The second-order valence-corrected chi connectivity index (χ2v) is 8.28. The van der Waals surface area contributed by atoms with Crippen LogP contribution in [0.25, 0.3) is 17.1 Å². The van der Waals surface area contributed by atoms with Crippen LogP contribution in [0.1, 0.15) is 25.7 Å². The van der Waals surface area contributed by atoms with Gasteiger partial charge in [-0.05, 0) is 43.2 Å². The van der Waals surface area contributed by atoms with Gasteiger partial charge in [-0.2, -0.15) is 0 Å². The van der Waals surface area contributed by atoms with E-state index in [4.69, 9.17) is 23.2 Å². The van der Waals surface area contributed by atoms with Gasteiger partial charge in [0.25, 0.3) is 0 Å². The summed E-state index contributed by atoms with van der Waals surface area (Å²) in [6.45, 7) is 0. The number of ketones is 1. The SMILES string of the molecule is O=C1CCCC[C@H]1Sc1nnc(-c2ccncc2)n1-c1ccc(Cl)c(Cl)c1. The summed E-state index contributed by atoms with van der Waals surface area (Å²) in [6.07, 6.45) is 6.94. The van der Waals surface area contributed by atoms with Gasteiger partial charge in [0.1, 0.15) is 5.78 Å². The minimum atomic E-state index is -0.0882. The Balaban J connectivity index is 1.80. The van der Waals surface area contributed by atoms with Gasteiger partial charge in [-0.15, -0.1) is 10.2 Å². The first-order valence-corrected chi connectivity index (χ1v) is 10.3. The standard InChI is InChI=1S/C19H16Cl2N4OS/c20-14-6-5-13(11-15(14)21)25-18(12-7-9-22-10-8-12)23-24-19(25)27-17-4-2-1-3-16(17)26/h5-11,17H,1-4H2/t17-/m1/s1. The molecule has 1 aliphatic rings. The van der Waals surface area contributed by atoms with Crippen molar-refractivity contribution >= 4 is 40.7 Å². The van der Waals surface area contributed by atoms with Crippen molar-refractivity contribution in [1.82, 2.24) is 19.7 Å². The van der Waals surface area contributed by atoms with Crippen LogP contribution in [0.5, 0.6) is 0 Å². The van der Waals surface area contributed by atoms with Gasteiger partial charge in [-0.3, -0.25) is 14.3 Å². The van der Waals surface area contributed by atoms with Crippen molar-refractivity contribution < 1.29 is 4.79 Å². The number of benzene rings is 1. The van der Waals surface area contributed by atoms with Gasteiger partial charge in [-0.25, -0.2) is 0 Å². The fraction of sp³-hybridized carbons (Fsp3) is 0.263. The average Bonchev–Trinajstić information content (AvgIpc) is 3.10. The molecule has 0 saturated heterocycles. The van der Waals surface area contributed by atoms with E-state index >= 15 is 0 Å². The molecule has 2 aromatic heterocycles. The van der Waals surface area contributed by atoms with Crippen LogP contribution in [-0.2, 0) is 4.79 Å². The van der Waals surface area contributed by atoms with Crippen LogP contribution in [0.4, 0.5) is 0 Å². The molecule has 1 aliphatic carbocycles. The molecule has 0 unspecified atom stereocenters. The molecule has 0 spiro atoms. The first kappa shape index (κ1) is 18.5. The number of hydrogen-bond acceptors (Lipinski definition) is 5. The Kier molecular flexibility index (Phi) is 5.48. The summed E-state index contributed by atoms with van der Waals surface area (Å²) < 4.78 is 1.92. The molecule has 1 fully saturated rings. The van der Waals surface area contributed by atoms with E-state index in [2.05, 4.69) is 15.2 Å². The van der Waals surface area contributed by atoms with E-state index in [1.54, 1.807) is 24.5 Å². The topological polar surface area (TPSA) is 60.7 Å². The van der Waals surface area contributed by atoms with Crippen LogP contribution in [0, 0.1) is 0 Å². The molecule has 1 atom stereocenters. The molecule has 0 amide bonds. The van der Waals surface area contributed by atoms with Crippen LogP contribution in [0.2, 0.25) is 10.0 Å². The van der Waals surface area contributed by atoms with Crippen LogP contribution in [-0.4, -0.2) is 30.8 Å². The monoisotopic (exact) mass is 418 g/mol. The number of rotatable bonds is 4. The molecular weight excluding hydrogens is 403 g/mol. The Morgan fingerprint density at radius 2 is 1.85 bits per heavy atom. The Bertz CT molecular complexity index is 977. The zero-order chi connectivity index (χ0) is 18.8. The molecule has 1 aromatic carbocycles. The molecule has 0 aliphatic heterocycles. The Morgan fingerprint density at radius 3 is 2.59 bits per heavy atom. The zero-order valence-corrected chi connectivity index (χ0v) is 16.6. The van der Waals surface area contributed by atoms with Crippen molar-refractivity contribution in [2.75, 3.05) is 0 Å². The summed E-state index contributed by atoms with van der Waals surface area (Å²) in [5, 5.41) is 10.3. The van der Waals surface area contributed by atoms with E-state index in [9.17, 15) is 4.79 Å². The third-order valence-electron chi connectivity index (χ3n) is 4.48. The number of hydrogen-bond donors (Lipinski definition) is 0. The predicted octanol–water partition coefficient (Wildman–Crippen LogP) is 5.24. The molecule has 4 rings (SSSR count). The van der Waals surface area contributed by atoms with Crippen LogP contribution < -0.4 is 0 Å². The van der Waals surface area contributed by atoms with E-state index in [0.717, 1.165) is 30.5 Å². The number of carbonyl (C=O) groups excluding carboxylic acids is 1. The maximum Gasteiger partial charge on any atom is 0.196 e. The van der Waals surface area contributed by atoms with E-state index in [1.165, 1.54) is 11.8 Å². The smallest absolute Gasteiger partial charge is 0.196 e. The number of carbonyl (C=O) groups is 1. The summed E-state index contributed by atoms with van der Waals surface area (Å²) in [4.78, 5) is 16.4. The number of Topliss-reactive ketones (excluding diaryl/α,β-unsaturated/α-hetero) is 1. The summed E-state index contributed by atoms with van der Waals surface area (Å²) >= 11 is 13.8. The largest absolute Gasteiger partial charge is 0.298 e. The number of aromatic nitrogens is 4. The summed E-state index contributed by atoms with van der Waals surface area (Å²) in [5.41, 5.74) is 1.68. The fourth-order valence-corrected chi connectivity index (χ4v) is 4.56. The lowest BCUT2D eigenvalue weighted by Gasteiger charge is -2.20. The fourth-order valence-electron chi connectivity index (χ4n) is 3.09. The zero-order valence-electron chi connectivity index (χ0n) is 14.3. The van der Waals surface area contributed by atoms with Crippen molar-refractivity contribution in [3.8, 4) is 17.1 Å². The highest BCUT2D eigenvalue weighted by Crippen LogP contribution is 2.35. The second-order valence-electron chi connectivity index (χ2n) is 6.29. The van der Waals surface area contributed by atoms with Crippen molar-refractivity contribution in [2.45, 2.75) is 36.1 Å². The van der Waals surface area contributed by atoms with Crippen LogP contribution >= 0.6 is 35.0 Å². The van der Waals surface area contributed by atoms with Gasteiger partial charge >= 0.3 is 0 Å². The summed E-state index contributed by atoms with van der Waals surface area (Å²) in [5.74, 6) is 0.946. The average molecular weight is 419 g/mol. The lowest BCUT2D eigenvalue weighted by molar-refractivity contribution is -0.119. The summed E-state index contributed by atoms with van der Waals surface area (Å²) in [6, 6.07) is 9.14. The van der Waals surface area contributed by atoms with Crippen molar-refractivity contribution in [3.05, 3.63) is 52.8 Å². The molecule has 0 radical (unpaired) electrons. The molecule has 0 N–H and O–H groups in total. The lowest BCUT2D eigenvalue weighted by atomic mass is 9.99. The van der Waals surface area contributed by atoms with Crippen molar-refractivity contribution in [1.29, 1.82) is 0 Å². The van der Waals surface area contributed by atoms with E-state index in [1.807, 2.05) is 22.8 Å². The Hall–Kier alpha value is -1.89. The molecule has 3 aromatic rings. The van der Waals surface area contributed by atoms with Gasteiger partial charge in [0.15, 0.2) is 11.0 Å². The molecular formula is C19H16Cl2N4OS. The van der Waals surface area contributed by atoms with Crippen LogP contribution in [0.15, 0.2) is 47.9 Å². The van der Waals surface area contributed by atoms with Crippen molar-refractivity contribution in [2.24, 2.45) is 0 Å². The minimum absolute atomic E-state index is 0.0882. The molecule has 5 nitrogen and oxygen atoms in total. The van der Waals surface area contributed by atoms with E-state index < -0.39 is 0 Å². The second kappa shape index (κ2) is 8.00. The number of nitrogens with zero attached hydrogens (tertiary/aromatic N) is 4. The van der Waals surface area contributed by atoms with Gasteiger partial charge < -0.3 is 0 Å². The first-order chi connectivity index (χ1) is 13.1. The molecule has 2 heterocycles. The molecule has 27 heavy (non-hydrogen) atoms. The first-order valence-electron chi connectivity index (χ1n) is 8.64. The summed E-state index contributed by atoms with van der Waals surface area (Å²) in [7, 11) is 0. The highest BCUT2D eigenvalue weighted by Gasteiger charge is 2.27. The van der Waals surface area contributed by atoms with Gasteiger partial charge in [-0.1, -0.05) is 41.4 Å². The quantitative estimate of drug-likeness (QED) is 0.579. The molecule has 1 saturated carbocycles. The normalized spacial score (nSPS) is 17.3. The Morgan fingerprint density at radius 1 is 1.04 bits per heavy atom. The third-order valence-corrected chi connectivity index (χ3v) is 6.48. The van der Waals surface area contributed by atoms with Gasteiger partial charge in [0.05, 0.1) is 21.0 Å². The number of halogens is 2. The molecule has 138 valence electrons. The third kappa shape index (κ3) is 3.88. The highest BCUT2D eigenvalue weighted by atomic mass is 35.5. The predicted molar refractivity (Wildman–Crippen MR) is 108 cm³/mol. The lowest BCUT2D eigenvalue weighted by Crippen LogP contribution is -2.21. The maximum atomic E-state index is 12.3. The maximum absolute atomic E-state index is 12.3.